The predicted molar refractivity (Wildman–Crippen MR) is 530 cm³/mol. The van der Waals surface area contributed by atoms with Crippen molar-refractivity contribution in [2.75, 3.05) is 142 Å². The summed E-state index contributed by atoms with van der Waals surface area (Å²) in [7, 11) is 5.86. The predicted octanol–water partition coefficient (Wildman–Crippen LogP) is 18.4. The summed E-state index contributed by atoms with van der Waals surface area (Å²) in [6, 6.07) is 48.6. The third kappa shape index (κ3) is 18.9. The van der Waals surface area contributed by atoms with E-state index in [1.54, 1.807) is 46.2 Å². The Labute approximate surface area is 819 Å². The molecule has 0 radical (unpaired) electrons. The maximum Gasteiger partial charge on any atom is 0.415 e. The summed E-state index contributed by atoms with van der Waals surface area (Å²) in [6.07, 6.45) is 4.51. The SMILES string of the molecule is CCc1nn2c(C)cc(N3CCC4(CN(C(=O)N5CC(O)C5)C4)C3)cc2c1N(C)c1nc(-c2ccc(F)cc2)c(C#N)s1.CCc1nn2c(C)cc(N3CCC4(CN(C(=O)Oc5ccc([N+](=O)[O-])cc5)C4)C3)cc2c1N(C)c1nc(-c2ccc(F)cc2)c(C#N)s1.CCc1nn2c(C)cc(N3CCC4(CNC4)C3)cc2c1N(C)c1nc(-c2ccc(F)cc2)c(C#N)s1.O=C(Cl)Oc1ccc([N+](=O)[O-])cc1. The molecule has 3 spiro atoms. The van der Waals surface area contributed by atoms with Gasteiger partial charge in [-0.1, -0.05) is 54.8 Å². The third-order valence-corrected chi connectivity index (χ3v) is 30.1. The number of nitrogens with one attached hydrogen (secondary N) is 1. The monoisotopic (exact) mass is 1970 g/mol. The largest absolute Gasteiger partial charge is 0.415 e. The van der Waals surface area contributed by atoms with Crippen LogP contribution in [0.4, 0.5) is 88.4 Å². The van der Waals surface area contributed by atoms with E-state index in [1.165, 1.54) is 131 Å². The first-order valence-corrected chi connectivity index (χ1v) is 48.4. The van der Waals surface area contributed by atoms with Gasteiger partial charge in [-0.05, 0) is 193 Å². The summed E-state index contributed by atoms with van der Waals surface area (Å²) in [5.41, 5.74) is 18.2. The number of pyridine rings is 3. The van der Waals surface area contributed by atoms with E-state index < -0.39 is 21.4 Å². The van der Waals surface area contributed by atoms with Crippen molar-refractivity contribution in [2.24, 2.45) is 16.2 Å². The minimum atomic E-state index is -0.978. The summed E-state index contributed by atoms with van der Waals surface area (Å²) in [5, 5.41) is 80.5. The zero-order chi connectivity index (χ0) is 98.7. The Morgan fingerprint density at radius 1 is 0.486 bits per heavy atom. The van der Waals surface area contributed by atoms with Gasteiger partial charge in [0.2, 0.25) is 0 Å². The van der Waals surface area contributed by atoms with Gasteiger partial charge in [0.05, 0.1) is 79.7 Å². The normalized spacial score (nSPS) is 15.7. The summed E-state index contributed by atoms with van der Waals surface area (Å²) in [4.78, 5) is 90.3. The molecule has 16 heterocycles. The molecule has 718 valence electrons. The number of aliphatic hydroxyl groups is 1. The molecule has 21 rings (SSSR count). The van der Waals surface area contributed by atoms with Crippen molar-refractivity contribution in [3.8, 4) is 63.5 Å². The third-order valence-electron chi connectivity index (χ3n) is 26.9. The number of hydrogen-bond donors (Lipinski definition) is 2. The Hall–Kier alpha value is -14.9. The smallest absolute Gasteiger partial charge is 0.414 e. The molecule has 0 aliphatic carbocycles. The number of nitriles is 3. The van der Waals surface area contributed by atoms with Gasteiger partial charge in [0, 0.05) is 203 Å². The van der Waals surface area contributed by atoms with E-state index in [-0.39, 0.29) is 63.3 Å². The standard InChI is InChI=1S/C34H31FN8O4S.C31H33FN8O2S.C27H28FN7S.C7H4ClNO4/c1-4-27-31(39(3)32-37-30(29(17-36)48-32)22-5-7-23(35)8-6-22)28-16-25(15-21(2)42(28)38-27)40-14-13-34(18-40)19-41(20-34)33(44)47-26-11-9-24(10-12-26)43(45)46;1-4-24-28(36(3)29-34-27(26(13-33)43-29)20-5-7-21(32)8-6-20)25-12-22(11-19(2)40(25)35-24)37-10-9-31(16-37)17-39(18-31)30(42)38-14-23(41)15-38;1-4-21-25(33(3)26-31-24(23(13-29)36-26)18-5-7-19(28)8-6-18)22-12-20(11-17(2)35(22)32-21)34-10-9-27(16-34)14-30-15-27;8-7(10)13-6-3-1-5(2-4-6)9(11)12/h5-12,15-16H,4,13-14,18-20H2,1-3H3;5-8,11-12,23,41H,4,9-10,14-18H2,1-3H3;5-8,11-12,30H,4,9-10,14-16H2,1-3H3;1-4H. The number of anilines is 9. The van der Waals surface area contributed by atoms with Gasteiger partial charge >= 0.3 is 17.6 Å². The average molecular weight is 1970 g/mol. The zero-order valence-corrected chi connectivity index (χ0v) is 81.1. The first-order valence-electron chi connectivity index (χ1n) is 45.6. The number of aromatic nitrogens is 9. The molecular formula is C99H96ClF3N24O10S3. The minimum Gasteiger partial charge on any atom is -0.414 e. The van der Waals surface area contributed by atoms with E-state index in [0.29, 0.717) is 96.2 Å². The van der Waals surface area contributed by atoms with Gasteiger partial charge in [-0.3, -0.25) is 20.2 Å². The Kier molecular flexibility index (Phi) is 26.5. The number of fused-ring (bicyclic) bond motifs is 3. The van der Waals surface area contributed by atoms with E-state index in [9.17, 15) is 68.7 Å². The van der Waals surface area contributed by atoms with Crippen LogP contribution in [0.15, 0.2) is 158 Å². The Morgan fingerprint density at radius 3 is 1.10 bits per heavy atom. The maximum atomic E-state index is 13.6. The van der Waals surface area contributed by atoms with Crippen molar-refractivity contribution in [2.45, 2.75) is 86.2 Å². The van der Waals surface area contributed by atoms with Crippen molar-refractivity contribution in [3.63, 3.8) is 0 Å². The van der Waals surface area contributed by atoms with Gasteiger partial charge in [0.1, 0.15) is 78.9 Å². The number of nitro groups is 2. The number of carbonyl (C=O) groups excluding carboxylic acids is 3. The van der Waals surface area contributed by atoms with Crippen LogP contribution < -0.4 is 44.2 Å². The van der Waals surface area contributed by atoms with Crippen LogP contribution in [0.2, 0.25) is 0 Å². The average Bonchev–Trinajstić information content (AvgIpc) is 1.58. The molecule has 7 saturated heterocycles. The molecular weight excluding hydrogens is 1870 g/mol. The molecule has 14 aromatic rings. The molecule has 0 bridgehead atoms. The number of ether oxygens (including phenoxy) is 2. The Balaban J connectivity index is 0.000000131. The minimum absolute atomic E-state index is 0.0370. The lowest BCUT2D eigenvalue weighted by Gasteiger charge is -2.51. The van der Waals surface area contributed by atoms with E-state index in [0.717, 1.165) is 176 Å². The van der Waals surface area contributed by atoms with Crippen LogP contribution in [0.1, 0.15) is 88.8 Å². The molecule has 7 fully saturated rings. The van der Waals surface area contributed by atoms with Crippen LogP contribution in [0, 0.1) is 109 Å². The quantitative estimate of drug-likeness (QED) is 0.0431. The fourth-order valence-corrected chi connectivity index (χ4v) is 22.1. The van der Waals surface area contributed by atoms with Gasteiger partial charge in [0.15, 0.2) is 15.4 Å². The number of likely N-dealkylation sites (tertiary alicyclic amines) is 3. The summed E-state index contributed by atoms with van der Waals surface area (Å²) < 4.78 is 56.5. The second kappa shape index (κ2) is 38.8. The molecule has 3 amide bonds. The maximum absolute atomic E-state index is 13.6. The molecule has 0 saturated carbocycles. The number of carbonyl (C=O) groups is 3. The van der Waals surface area contributed by atoms with Crippen molar-refractivity contribution in [1.82, 2.24) is 63.8 Å². The molecule has 2 N–H and O–H groups in total. The van der Waals surface area contributed by atoms with E-state index >= 15 is 0 Å². The van der Waals surface area contributed by atoms with Crippen LogP contribution in [0.25, 0.3) is 50.3 Å². The molecule has 7 aliphatic rings. The number of non-ortho nitro benzene ring substituents is 2. The number of β-amino-alcohol motifs (C(OH)–C–C–N with tert-alkyl or cyclic N) is 1. The number of aliphatic hydroxyl groups excluding tert-OH is 1. The molecule has 7 aliphatic heterocycles. The highest BCUT2D eigenvalue weighted by molar-refractivity contribution is 7.17. The van der Waals surface area contributed by atoms with Crippen LogP contribution in [0.5, 0.6) is 11.5 Å². The Bertz CT molecular complexity index is 7300. The van der Waals surface area contributed by atoms with Crippen molar-refractivity contribution in [3.05, 3.63) is 244 Å². The van der Waals surface area contributed by atoms with Crippen molar-refractivity contribution < 1.29 is 52.0 Å². The molecule has 0 atom stereocenters. The van der Waals surface area contributed by atoms with Gasteiger partial charge in [-0.2, -0.15) is 31.1 Å². The second-order valence-electron chi connectivity index (χ2n) is 36.3. The van der Waals surface area contributed by atoms with Gasteiger partial charge < -0.3 is 64.0 Å². The van der Waals surface area contributed by atoms with Crippen LogP contribution >= 0.6 is 45.6 Å². The molecule has 0 unspecified atom stereocenters. The molecule has 9 aromatic heterocycles. The molecule has 140 heavy (non-hydrogen) atoms. The highest BCUT2D eigenvalue weighted by Gasteiger charge is 2.53. The van der Waals surface area contributed by atoms with E-state index in [4.69, 9.17) is 46.6 Å². The molecule has 41 heteroatoms. The number of nitrogens with zero attached hydrogens (tertiary/aromatic N) is 23. The van der Waals surface area contributed by atoms with E-state index in [1.807, 2.05) is 61.2 Å². The van der Waals surface area contributed by atoms with Crippen LogP contribution in [-0.2, 0) is 19.3 Å². The van der Waals surface area contributed by atoms with Crippen LogP contribution in [0.3, 0.4) is 0 Å². The summed E-state index contributed by atoms with van der Waals surface area (Å²) in [6.45, 7) is 23.7. The second-order valence-corrected chi connectivity index (χ2v) is 39.6. The lowest BCUT2D eigenvalue weighted by atomic mass is 9.79. The number of hydrogen-bond acceptors (Lipinski definition) is 29. The number of rotatable bonds is 19. The molecule has 5 aromatic carbocycles. The highest BCUT2D eigenvalue weighted by atomic mass is 35.5. The fraction of sp³-hybridized carbons (Fsp3) is 0.333. The Morgan fingerprint density at radius 2 is 0.807 bits per heavy atom. The molecule has 34 nitrogen and oxygen atoms in total. The number of nitro benzene ring substituents is 2. The first-order chi connectivity index (χ1) is 67.3. The number of amides is 3. The summed E-state index contributed by atoms with van der Waals surface area (Å²) in [5.74, 6) is -0.558. The lowest BCUT2D eigenvalue weighted by molar-refractivity contribution is -0.385. The highest BCUT2D eigenvalue weighted by Crippen LogP contribution is 2.49. The number of urea groups is 1. The van der Waals surface area contributed by atoms with Crippen molar-refractivity contribution in [1.29, 1.82) is 15.8 Å². The first kappa shape index (κ1) is 95.5. The zero-order valence-electron chi connectivity index (χ0n) is 77.9. The number of thiazole rings is 3. The van der Waals surface area contributed by atoms with Gasteiger partial charge in [0.25, 0.3) is 11.4 Å². The number of benzene rings is 5. The van der Waals surface area contributed by atoms with E-state index in [2.05, 4.69) is 114 Å². The van der Waals surface area contributed by atoms with Crippen LogP contribution in [-0.4, -0.2) is 210 Å². The van der Waals surface area contributed by atoms with Crippen molar-refractivity contribution >= 4 is 141 Å². The van der Waals surface area contributed by atoms with Gasteiger partial charge in [-0.25, -0.2) is 56.1 Å². The lowest BCUT2D eigenvalue weighted by Crippen LogP contribution is -2.66. The number of aryl methyl sites for hydroxylation is 6. The topological polar surface area (TPSA) is 379 Å². The number of halogens is 4. The fourth-order valence-electron chi connectivity index (χ4n) is 19.5. The summed E-state index contributed by atoms with van der Waals surface area (Å²) >= 11 is 8.86. The van der Waals surface area contributed by atoms with Gasteiger partial charge in [-0.15, -0.1) is 0 Å².